The third-order valence-corrected chi connectivity index (χ3v) is 4.57. The Morgan fingerprint density at radius 3 is 2.76 bits per heavy atom. The van der Waals surface area contributed by atoms with Gasteiger partial charge in [0, 0.05) is 11.4 Å². The van der Waals surface area contributed by atoms with Crippen molar-refractivity contribution < 1.29 is 9.59 Å². The van der Waals surface area contributed by atoms with Gasteiger partial charge in [0.25, 0.3) is 0 Å². The lowest BCUT2D eigenvalue weighted by Crippen LogP contribution is -2.27. The first kappa shape index (κ1) is 16.0. The van der Waals surface area contributed by atoms with E-state index in [-0.39, 0.29) is 0 Å². The molecule has 0 saturated carbocycles. The fraction of sp³-hybridized carbons (Fsp3) is 0.500. The van der Waals surface area contributed by atoms with Crippen molar-refractivity contribution in [1.82, 2.24) is 5.32 Å². The minimum atomic E-state index is -0.496. The highest BCUT2D eigenvalue weighted by molar-refractivity contribution is 6.32. The fourth-order valence-corrected chi connectivity index (χ4v) is 3.38. The lowest BCUT2D eigenvalue weighted by Gasteiger charge is -2.25. The van der Waals surface area contributed by atoms with Crippen LogP contribution in [0.4, 0.5) is 0 Å². The van der Waals surface area contributed by atoms with Crippen LogP contribution in [0.3, 0.4) is 0 Å². The molecule has 5 heteroatoms. The van der Waals surface area contributed by atoms with Crippen LogP contribution in [0.5, 0.6) is 0 Å². The third-order valence-electron chi connectivity index (χ3n) is 4.13. The number of nitrogens with two attached hydrogens (primary N) is 1. The van der Waals surface area contributed by atoms with Gasteiger partial charge < -0.3 is 15.8 Å². The Morgan fingerprint density at radius 2 is 2.14 bits per heavy atom. The number of rotatable bonds is 6. The van der Waals surface area contributed by atoms with Crippen molar-refractivity contribution in [3.63, 3.8) is 0 Å². The summed E-state index contributed by atoms with van der Waals surface area (Å²) in [5.74, 6) is -0.510. The third kappa shape index (κ3) is 3.83. The molecule has 1 amide bonds. The lowest BCUT2D eigenvalue weighted by atomic mass is 9.86. The summed E-state index contributed by atoms with van der Waals surface area (Å²) in [5.41, 5.74) is 7.33. The van der Waals surface area contributed by atoms with Crippen LogP contribution in [0.2, 0.25) is 5.02 Å². The molecule has 1 unspecified atom stereocenters. The Kier molecular flexibility index (Phi) is 5.76. The van der Waals surface area contributed by atoms with Gasteiger partial charge in [-0.05, 0) is 49.4 Å². The molecular weight excluding hydrogens is 288 g/mol. The van der Waals surface area contributed by atoms with E-state index >= 15 is 0 Å². The van der Waals surface area contributed by atoms with Gasteiger partial charge in [0.1, 0.15) is 6.29 Å². The predicted octanol–water partition coefficient (Wildman–Crippen LogP) is 2.35. The van der Waals surface area contributed by atoms with E-state index in [2.05, 4.69) is 5.32 Å². The van der Waals surface area contributed by atoms with Crippen molar-refractivity contribution in [2.75, 3.05) is 13.1 Å². The number of hydrogen-bond acceptors (Lipinski definition) is 3. The Labute approximate surface area is 130 Å². The van der Waals surface area contributed by atoms with Crippen LogP contribution in [0.25, 0.3) is 0 Å². The molecule has 0 aliphatic carbocycles. The van der Waals surface area contributed by atoms with Gasteiger partial charge in [-0.25, -0.2) is 0 Å². The molecule has 1 aromatic carbocycles. The molecule has 1 saturated heterocycles. The van der Waals surface area contributed by atoms with Crippen LogP contribution in [0.15, 0.2) is 18.2 Å². The first-order valence-corrected chi connectivity index (χ1v) is 7.75. The SMILES string of the molecule is NC(=O)C(CCC=O)c1cccc(C2CCNCC2)c1Cl. The molecule has 0 spiro atoms. The number of piperidine rings is 1. The topological polar surface area (TPSA) is 72.2 Å². The number of carbonyl (C=O) groups is 2. The number of aldehydes is 1. The van der Waals surface area contributed by atoms with Crippen LogP contribution in [-0.2, 0) is 9.59 Å². The minimum Gasteiger partial charge on any atom is -0.369 e. The molecule has 1 aliphatic heterocycles. The number of carbonyl (C=O) groups excluding carboxylic acids is 2. The molecule has 1 aliphatic rings. The van der Waals surface area contributed by atoms with Gasteiger partial charge in [0.15, 0.2) is 0 Å². The van der Waals surface area contributed by atoms with E-state index in [0.717, 1.165) is 43.3 Å². The Hall–Kier alpha value is -1.39. The van der Waals surface area contributed by atoms with Crippen LogP contribution < -0.4 is 11.1 Å². The summed E-state index contributed by atoms with van der Waals surface area (Å²) >= 11 is 6.54. The van der Waals surface area contributed by atoms with Crippen LogP contribution in [-0.4, -0.2) is 25.3 Å². The van der Waals surface area contributed by atoms with Crippen molar-refractivity contribution in [2.45, 2.75) is 37.5 Å². The van der Waals surface area contributed by atoms with Crippen molar-refractivity contribution in [1.29, 1.82) is 0 Å². The maximum atomic E-state index is 11.7. The minimum absolute atomic E-state index is 0.307. The number of amides is 1. The highest BCUT2D eigenvalue weighted by Crippen LogP contribution is 2.36. The van der Waals surface area contributed by atoms with Gasteiger partial charge in [-0.3, -0.25) is 4.79 Å². The summed E-state index contributed by atoms with van der Waals surface area (Å²) in [6.45, 7) is 1.96. The molecule has 1 aromatic rings. The molecule has 0 bridgehead atoms. The van der Waals surface area contributed by atoms with E-state index in [4.69, 9.17) is 17.3 Å². The zero-order valence-electron chi connectivity index (χ0n) is 12.0. The molecule has 2 rings (SSSR count). The average molecular weight is 309 g/mol. The Morgan fingerprint density at radius 1 is 1.43 bits per heavy atom. The maximum Gasteiger partial charge on any atom is 0.225 e. The van der Waals surface area contributed by atoms with E-state index in [1.54, 1.807) is 0 Å². The van der Waals surface area contributed by atoms with Gasteiger partial charge in [-0.15, -0.1) is 0 Å². The number of nitrogens with one attached hydrogen (secondary N) is 1. The van der Waals surface area contributed by atoms with Gasteiger partial charge in [-0.2, -0.15) is 0 Å². The zero-order chi connectivity index (χ0) is 15.2. The van der Waals surface area contributed by atoms with Crippen molar-refractivity contribution >= 4 is 23.8 Å². The fourth-order valence-electron chi connectivity index (χ4n) is 2.97. The van der Waals surface area contributed by atoms with Gasteiger partial charge in [0.2, 0.25) is 5.91 Å². The van der Waals surface area contributed by atoms with Crippen molar-refractivity contribution in [2.24, 2.45) is 5.73 Å². The number of benzene rings is 1. The summed E-state index contributed by atoms with van der Waals surface area (Å²) < 4.78 is 0. The lowest BCUT2D eigenvalue weighted by molar-refractivity contribution is -0.119. The van der Waals surface area contributed by atoms with E-state index < -0.39 is 11.8 Å². The quantitative estimate of drug-likeness (QED) is 0.792. The predicted molar refractivity (Wildman–Crippen MR) is 83.5 cm³/mol. The summed E-state index contributed by atoms with van der Waals surface area (Å²) in [6, 6.07) is 5.79. The maximum absolute atomic E-state index is 11.7. The van der Waals surface area contributed by atoms with Crippen molar-refractivity contribution in [3.05, 3.63) is 34.3 Å². The second-order valence-electron chi connectivity index (χ2n) is 5.47. The summed E-state index contributed by atoms with van der Waals surface area (Å²) in [5, 5.41) is 3.97. The Balaban J connectivity index is 2.30. The largest absolute Gasteiger partial charge is 0.369 e. The van der Waals surface area contributed by atoms with Crippen molar-refractivity contribution in [3.8, 4) is 0 Å². The molecule has 1 fully saturated rings. The van der Waals surface area contributed by atoms with Crippen LogP contribution >= 0.6 is 11.6 Å². The molecule has 1 atom stereocenters. The number of hydrogen-bond donors (Lipinski definition) is 2. The van der Waals surface area contributed by atoms with Crippen LogP contribution in [0.1, 0.15) is 48.6 Å². The second kappa shape index (κ2) is 7.57. The number of primary amides is 1. The highest BCUT2D eigenvalue weighted by atomic mass is 35.5. The average Bonchev–Trinajstić information content (AvgIpc) is 2.49. The van der Waals surface area contributed by atoms with Gasteiger partial charge >= 0.3 is 0 Å². The molecule has 0 aromatic heterocycles. The van der Waals surface area contributed by atoms with Gasteiger partial charge in [-0.1, -0.05) is 29.8 Å². The summed E-state index contributed by atoms with van der Waals surface area (Å²) in [4.78, 5) is 22.3. The molecule has 21 heavy (non-hydrogen) atoms. The first-order chi connectivity index (χ1) is 10.1. The summed E-state index contributed by atoms with van der Waals surface area (Å²) in [7, 11) is 0. The summed E-state index contributed by atoms with van der Waals surface area (Å²) in [6.07, 6.45) is 3.60. The molecule has 1 heterocycles. The molecular formula is C16H21ClN2O2. The molecule has 3 N–H and O–H groups in total. The van der Waals surface area contributed by atoms with Gasteiger partial charge in [0.05, 0.1) is 5.92 Å². The van der Waals surface area contributed by atoms with E-state index in [0.29, 0.717) is 23.8 Å². The monoisotopic (exact) mass is 308 g/mol. The zero-order valence-corrected chi connectivity index (χ0v) is 12.7. The van der Waals surface area contributed by atoms with E-state index in [9.17, 15) is 9.59 Å². The molecule has 114 valence electrons. The van der Waals surface area contributed by atoms with Crippen LogP contribution in [0, 0.1) is 0 Å². The Bertz CT molecular complexity index is 513. The molecule has 0 radical (unpaired) electrons. The standard InChI is InChI=1S/C16H21ClN2O2/c17-15-12(11-6-8-19-9-7-11)3-1-4-13(15)14(16(18)21)5-2-10-20/h1,3-4,10-11,14,19H,2,5-9H2,(H2,18,21). The normalized spacial score (nSPS) is 17.4. The second-order valence-corrected chi connectivity index (χ2v) is 5.85. The van der Waals surface area contributed by atoms with E-state index in [1.165, 1.54) is 0 Å². The molecule has 4 nitrogen and oxygen atoms in total. The number of halogens is 1. The van der Waals surface area contributed by atoms with E-state index in [1.807, 2.05) is 18.2 Å². The first-order valence-electron chi connectivity index (χ1n) is 7.37. The highest BCUT2D eigenvalue weighted by Gasteiger charge is 2.24. The smallest absolute Gasteiger partial charge is 0.225 e.